The van der Waals surface area contributed by atoms with Crippen molar-refractivity contribution in [1.82, 2.24) is 14.9 Å². The second-order valence-electron chi connectivity index (χ2n) is 7.33. The molecule has 0 spiro atoms. The van der Waals surface area contributed by atoms with Crippen molar-refractivity contribution in [2.45, 2.75) is 12.6 Å². The van der Waals surface area contributed by atoms with Crippen LogP contribution in [0.25, 0.3) is 10.8 Å². The number of carbonyl (C=O) groups excluding carboxylic acids is 1. The van der Waals surface area contributed by atoms with Gasteiger partial charge in [-0.05, 0) is 62.1 Å². The highest BCUT2D eigenvalue weighted by Gasteiger charge is 2.34. The van der Waals surface area contributed by atoms with E-state index in [2.05, 4.69) is 25.9 Å². The summed E-state index contributed by atoms with van der Waals surface area (Å²) in [5.41, 5.74) is -0.853. The van der Waals surface area contributed by atoms with E-state index in [-0.39, 0.29) is 5.82 Å². The summed E-state index contributed by atoms with van der Waals surface area (Å²) in [6.07, 6.45) is -4.03. The monoisotopic (exact) mass is 450 g/mol. The van der Waals surface area contributed by atoms with E-state index in [4.69, 9.17) is 0 Å². The van der Waals surface area contributed by atoms with Crippen LogP contribution >= 0.6 is 0 Å². The third-order valence-electron chi connectivity index (χ3n) is 4.39. The van der Waals surface area contributed by atoms with Crippen molar-refractivity contribution in [1.29, 1.82) is 0 Å². The number of rotatable bonds is 7. The Morgan fingerprint density at radius 1 is 1.00 bits per heavy atom. The number of hydrogen-bond donors (Lipinski definition) is 3. The first kappa shape index (κ1) is 23.2. The van der Waals surface area contributed by atoms with Crippen LogP contribution in [0.3, 0.4) is 0 Å². The normalized spacial score (nSPS) is 11.6. The average molecular weight is 450 g/mol. The number of amides is 2. The molecule has 3 aromatic rings. The fourth-order valence-corrected chi connectivity index (χ4v) is 2.91. The first-order valence-corrected chi connectivity index (χ1v) is 9.72. The van der Waals surface area contributed by atoms with Gasteiger partial charge in [-0.3, -0.25) is 5.32 Å². The average Bonchev–Trinajstić information content (AvgIpc) is 2.70. The van der Waals surface area contributed by atoms with Crippen LogP contribution in [0.4, 0.5) is 39.8 Å². The summed E-state index contributed by atoms with van der Waals surface area (Å²) in [7, 11) is 3.78. The molecule has 11 heteroatoms. The van der Waals surface area contributed by atoms with Crippen molar-refractivity contribution < 1.29 is 22.4 Å². The molecule has 0 aliphatic rings. The topological polar surface area (TPSA) is 82.2 Å². The molecule has 7 nitrogen and oxygen atoms in total. The van der Waals surface area contributed by atoms with Crippen molar-refractivity contribution >= 4 is 34.3 Å². The van der Waals surface area contributed by atoms with E-state index in [9.17, 15) is 22.4 Å². The Bertz CT molecular complexity index is 1100. The van der Waals surface area contributed by atoms with Gasteiger partial charge in [-0.25, -0.2) is 14.2 Å². The van der Waals surface area contributed by atoms with Crippen molar-refractivity contribution in [3.63, 3.8) is 0 Å². The second-order valence-corrected chi connectivity index (χ2v) is 7.33. The fourth-order valence-electron chi connectivity index (χ4n) is 2.91. The Morgan fingerprint density at radius 2 is 1.75 bits per heavy atom. The van der Waals surface area contributed by atoms with Crippen LogP contribution in [-0.2, 0) is 6.18 Å². The number of urea groups is 1. The van der Waals surface area contributed by atoms with Crippen LogP contribution in [0.1, 0.15) is 12.1 Å². The molecule has 3 N–H and O–H groups in total. The maximum Gasteiger partial charge on any atom is 0.433 e. The number of nitrogens with zero attached hydrogens (tertiary/aromatic N) is 3. The standard InChI is InChI=1S/C21H22F4N6O/c1-31(2)9-3-8-26-18-12-17(21(23,24)25)28-19(29-18)30-20(32)27-16-7-5-13-4-6-15(22)10-14(13)11-16/h4-7,10-12H,3,8-9H2,1-2H3,(H3,26,27,28,29,30,32). The van der Waals surface area contributed by atoms with E-state index < -0.39 is 29.7 Å². The molecule has 3 rings (SSSR count). The molecular weight excluding hydrogens is 428 g/mol. The minimum absolute atomic E-state index is 0.0532. The summed E-state index contributed by atoms with van der Waals surface area (Å²) in [6, 6.07) is 8.99. The quantitative estimate of drug-likeness (QED) is 0.356. The van der Waals surface area contributed by atoms with E-state index in [1.807, 2.05) is 19.0 Å². The Morgan fingerprint density at radius 3 is 2.47 bits per heavy atom. The molecule has 0 fully saturated rings. The third kappa shape index (κ3) is 6.51. The Balaban J connectivity index is 1.73. The van der Waals surface area contributed by atoms with Crippen LogP contribution in [0.5, 0.6) is 0 Å². The van der Waals surface area contributed by atoms with Gasteiger partial charge in [0.2, 0.25) is 5.95 Å². The molecule has 0 aliphatic heterocycles. The van der Waals surface area contributed by atoms with Gasteiger partial charge >= 0.3 is 12.2 Å². The van der Waals surface area contributed by atoms with E-state index in [0.29, 0.717) is 24.0 Å². The summed E-state index contributed by atoms with van der Waals surface area (Å²) in [4.78, 5) is 21.6. The van der Waals surface area contributed by atoms with Crippen LogP contribution in [-0.4, -0.2) is 48.1 Å². The third-order valence-corrected chi connectivity index (χ3v) is 4.39. The van der Waals surface area contributed by atoms with Crippen LogP contribution in [0, 0.1) is 5.82 Å². The van der Waals surface area contributed by atoms with Crippen molar-refractivity contribution in [3.8, 4) is 0 Å². The molecule has 1 heterocycles. The van der Waals surface area contributed by atoms with Gasteiger partial charge in [-0.2, -0.15) is 18.2 Å². The number of nitrogens with one attached hydrogen (secondary N) is 3. The highest BCUT2D eigenvalue weighted by Crippen LogP contribution is 2.29. The number of halogens is 4. The molecule has 0 aliphatic carbocycles. The molecule has 32 heavy (non-hydrogen) atoms. The summed E-state index contributed by atoms with van der Waals surface area (Å²) in [6.45, 7) is 1.14. The largest absolute Gasteiger partial charge is 0.433 e. The maximum atomic E-state index is 13.4. The molecule has 2 aromatic carbocycles. The smallest absolute Gasteiger partial charge is 0.370 e. The van der Waals surface area contributed by atoms with E-state index >= 15 is 0 Å². The van der Waals surface area contributed by atoms with Gasteiger partial charge < -0.3 is 15.5 Å². The zero-order valence-corrected chi connectivity index (χ0v) is 17.4. The zero-order valence-electron chi connectivity index (χ0n) is 17.4. The molecule has 1 aromatic heterocycles. The number of benzene rings is 2. The number of hydrogen-bond acceptors (Lipinski definition) is 5. The van der Waals surface area contributed by atoms with Gasteiger partial charge in [0.05, 0.1) is 0 Å². The summed E-state index contributed by atoms with van der Waals surface area (Å²) in [5, 5.41) is 8.84. The number of carbonyl (C=O) groups is 1. The minimum Gasteiger partial charge on any atom is -0.370 e. The molecule has 2 amide bonds. The molecule has 0 radical (unpaired) electrons. The zero-order chi connectivity index (χ0) is 23.3. The minimum atomic E-state index is -4.71. The Kier molecular flexibility index (Phi) is 7.08. The number of aromatic nitrogens is 2. The molecule has 0 bridgehead atoms. The lowest BCUT2D eigenvalue weighted by Crippen LogP contribution is -2.23. The lowest BCUT2D eigenvalue weighted by Gasteiger charge is -2.14. The number of anilines is 3. The van der Waals surface area contributed by atoms with Crippen LogP contribution in [0.2, 0.25) is 0 Å². The molecule has 0 unspecified atom stereocenters. The van der Waals surface area contributed by atoms with Gasteiger partial charge in [0.15, 0.2) is 5.69 Å². The predicted octanol–water partition coefficient (Wildman–Crippen LogP) is 4.80. The highest BCUT2D eigenvalue weighted by atomic mass is 19.4. The molecule has 170 valence electrons. The van der Waals surface area contributed by atoms with Gasteiger partial charge in [0.25, 0.3) is 0 Å². The van der Waals surface area contributed by atoms with Gasteiger partial charge in [-0.15, -0.1) is 0 Å². The van der Waals surface area contributed by atoms with Gasteiger partial charge in [0.1, 0.15) is 11.6 Å². The van der Waals surface area contributed by atoms with E-state index in [1.54, 1.807) is 24.3 Å². The molecule has 0 atom stereocenters. The number of alkyl halides is 3. The second kappa shape index (κ2) is 9.77. The fraction of sp³-hybridized carbons (Fsp3) is 0.286. The SMILES string of the molecule is CN(C)CCCNc1cc(C(F)(F)F)nc(NC(=O)Nc2ccc3ccc(F)cc3c2)n1. The maximum absolute atomic E-state index is 13.4. The van der Waals surface area contributed by atoms with Gasteiger partial charge in [0, 0.05) is 18.3 Å². The molecular formula is C21H22F4N6O. The predicted molar refractivity (Wildman–Crippen MR) is 115 cm³/mol. The number of fused-ring (bicyclic) bond motifs is 1. The summed E-state index contributed by atoms with van der Waals surface area (Å²) in [5.74, 6) is -0.982. The van der Waals surface area contributed by atoms with Crippen LogP contribution < -0.4 is 16.0 Å². The summed E-state index contributed by atoms with van der Waals surface area (Å²) < 4.78 is 53.1. The summed E-state index contributed by atoms with van der Waals surface area (Å²) >= 11 is 0. The first-order chi connectivity index (χ1) is 15.1. The van der Waals surface area contributed by atoms with Crippen LogP contribution in [0.15, 0.2) is 42.5 Å². The molecule has 0 saturated carbocycles. The van der Waals surface area contributed by atoms with Gasteiger partial charge in [-0.1, -0.05) is 12.1 Å². The molecule has 0 saturated heterocycles. The van der Waals surface area contributed by atoms with E-state index in [1.165, 1.54) is 12.1 Å². The Labute approximate surface area is 181 Å². The lowest BCUT2D eigenvalue weighted by molar-refractivity contribution is -0.141. The Hall–Kier alpha value is -3.47. The van der Waals surface area contributed by atoms with E-state index in [0.717, 1.165) is 18.0 Å². The lowest BCUT2D eigenvalue weighted by atomic mass is 10.1. The van der Waals surface area contributed by atoms with Crippen molar-refractivity contribution in [3.05, 3.63) is 54.0 Å². The van der Waals surface area contributed by atoms with Crippen molar-refractivity contribution in [2.24, 2.45) is 0 Å². The highest BCUT2D eigenvalue weighted by molar-refractivity contribution is 6.00. The van der Waals surface area contributed by atoms with Crippen molar-refractivity contribution in [2.75, 3.05) is 43.1 Å². The first-order valence-electron chi connectivity index (χ1n) is 9.72.